The number of rotatable bonds is 2. The van der Waals surface area contributed by atoms with Crippen LogP contribution in [0.1, 0.15) is 5.82 Å². The minimum atomic E-state index is 0.0135. The van der Waals surface area contributed by atoms with Crippen molar-refractivity contribution in [3.05, 3.63) is 5.82 Å². The monoisotopic (exact) mass is 182 g/mol. The molecule has 0 bridgehead atoms. The molecule has 0 amide bonds. The van der Waals surface area contributed by atoms with Crippen LogP contribution in [0.4, 0.5) is 11.5 Å². The third kappa shape index (κ3) is 1.01. The number of nitrogens with one attached hydrogen (secondary N) is 1. The molecule has 0 saturated carbocycles. The van der Waals surface area contributed by atoms with Gasteiger partial charge in [-0.2, -0.15) is 0 Å². The third-order valence-corrected chi connectivity index (χ3v) is 1.83. The first-order valence-corrected chi connectivity index (χ1v) is 3.82. The zero-order valence-corrected chi connectivity index (χ0v) is 6.86. The Labute approximate surface area is 73.3 Å². The van der Waals surface area contributed by atoms with Crippen LogP contribution < -0.4 is 11.5 Å². The number of fused-ring (bicyclic) bond motifs is 1. The highest BCUT2D eigenvalue weighted by Crippen LogP contribution is 2.18. The van der Waals surface area contributed by atoms with E-state index in [4.69, 9.17) is 16.6 Å². The van der Waals surface area contributed by atoms with Gasteiger partial charge in [0.05, 0.1) is 6.61 Å². The molecule has 0 fully saturated rings. The van der Waals surface area contributed by atoms with E-state index >= 15 is 0 Å². The second-order valence-corrected chi connectivity index (χ2v) is 2.69. The SMILES string of the molecule is Nc1[nH]n2c(CCO)nnc2c1N. The molecule has 6 N–H and O–H groups in total. The lowest BCUT2D eigenvalue weighted by atomic mass is 10.4. The van der Waals surface area contributed by atoms with Gasteiger partial charge in [0, 0.05) is 6.42 Å². The maximum absolute atomic E-state index is 8.72. The second kappa shape index (κ2) is 2.63. The molecular formula is C6H10N6O. The van der Waals surface area contributed by atoms with E-state index in [-0.39, 0.29) is 6.61 Å². The molecule has 70 valence electrons. The van der Waals surface area contributed by atoms with E-state index in [1.165, 1.54) is 0 Å². The highest BCUT2D eigenvalue weighted by molar-refractivity contribution is 5.75. The summed E-state index contributed by atoms with van der Waals surface area (Å²) in [4.78, 5) is 0. The van der Waals surface area contributed by atoms with Gasteiger partial charge in [0.15, 0.2) is 5.82 Å². The van der Waals surface area contributed by atoms with Gasteiger partial charge in [-0.15, -0.1) is 10.2 Å². The third-order valence-electron chi connectivity index (χ3n) is 1.83. The van der Waals surface area contributed by atoms with E-state index in [1.807, 2.05) is 0 Å². The standard InChI is InChI=1S/C6H10N6O/c7-4-5(8)11-12-3(1-2-13)9-10-6(4)12/h11,13H,1-2,7-8H2. The van der Waals surface area contributed by atoms with Gasteiger partial charge >= 0.3 is 0 Å². The summed E-state index contributed by atoms with van der Waals surface area (Å²) in [5.74, 6) is 0.977. The average molecular weight is 182 g/mol. The minimum Gasteiger partial charge on any atom is -0.396 e. The van der Waals surface area contributed by atoms with E-state index in [1.54, 1.807) is 4.52 Å². The molecule has 2 aromatic rings. The molecule has 2 heterocycles. The van der Waals surface area contributed by atoms with E-state index < -0.39 is 0 Å². The molecule has 2 rings (SSSR count). The molecule has 0 aliphatic carbocycles. The maximum Gasteiger partial charge on any atom is 0.202 e. The van der Waals surface area contributed by atoms with Crippen molar-refractivity contribution in [1.82, 2.24) is 19.8 Å². The smallest absolute Gasteiger partial charge is 0.202 e. The summed E-state index contributed by atoms with van der Waals surface area (Å²) in [5.41, 5.74) is 12.0. The van der Waals surface area contributed by atoms with Gasteiger partial charge in [-0.25, -0.2) is 4.52 Å². The number of H-pyrrole nitrogens is 1. The molecule has 0 unspecified atom stereocenters. The molecule has 13 heavy (non-hydrogen) atoms. The Hall–Kier alpha value is -1.76. The Morgan fingerprint density at radius 3 is 2.85 bits per heavy atom. The van der Waals surface area contributed by atoms with Crippen LogP contribution in [-0.2, 0) is 6.42 Å². The van der Waals surface area contributed by atoms with Crippen LogP contribution in [0.25, 0.3) is 5.65 Å². The molecular weight excluding hydrogens is 172 g/mol. The normalized spacial score (nSPS) is 11.2. The number of hydrogen-bond donors (Lipinski definition) is 4. The van der Waals surface area contributed by atoms with E-state index in [0.29, 0.717) is 29.4 Å². The lowest BCUT2D eigenvalue weighted by Crippen LogP contribution is -1.99. The number of nitrogens with zero attached hydrogens (tertiary/aromatic N) is 3. The molecule has 0 aromatic carbocycles. The molecule has 0 radical (unpaired) electrons. The Morgan fingerprint density at radius 2 is 2.15 bits per heavy atom. The van der Waals surface area contributed by atoms with Crippen LogP contribution in [0, 0.1) is 0 Å². The fraction of sp³-hybridized carbons (Fsp3) is 0.333. The number of aliphatic hydroxyl groups is 1. The minimum absolute atomic E-state index is 0.0135. The summed E-state index contributed by atoms with van der Waals surface area (Å²) >= 11 is 0. The summed E-state index contributed by atoms with van der Waals surface area (Å²) in [5, 5.41) is 19.2. The molecule has 0 spiro atoms. The van der Waals surface area contributed by atoms with E-state index in [9.17, 15) is 0 Å². The predicted molar refractivity (Wildman–Crippen MR) is 47.0 cm³/mol. The van der Waals surface area contributed by atoms with Crippen molar-refractivity contribution < 1.29 is 5.11 Å². The quantitative estimate of drug-likeness (QED) is 0.463. The lowest BCUT2D eigenvalue weighted by Gasteiger charge is -1.91. The van der Waals surface area contributed by atoms with Gasteiger partial charge < -0.3 is 16.6 Å². The van der Waals surface area contributed by atoms with Crippen LogP contribution in [0.15, 0.2) is 0 Å². The molecule has 7 heteroatoms. The second-order valence-electron chi connectivity index (χ2n) is 2.69. The van der Waals surface area contributed by atoms with Crippen molar-refractivity contribution >= 4 is 17.2 Å². The number of nitrogen functional groups attached to an aromatic ring is 2. The largest absolute Gasteiger partial charge is 0.396 e. The lowest BCUT2D eigenvalue weighted by molar-refractivity contribution is 0.295. The Kier molecular flexibility index (Phi) is 1.59. The van der Waals surface area contributed by atoms with Crippen molar-refractivity contribution in [1.29, 1.82) is 0 Å². The molecule has 0 aliphatic rings. The molecule has 2 aromatic heterocycles. The first-order valence-electron chi connectivity index (χ1n) is 3.82. The Balaban J connectivity index is 2.60. The van der Waals surface area contributed by atoms with Gasteiger partial charge in [0.1, 0.15) is 11.5 Å². The summed E-state index contributed by atoms with van der Waals surface area (Å²) in [6.07, 6.45) is 0.417. The Bertz CT molecular complexity index is 429. The maximum atomic E-state index is 8.72. The van der Waals surface area contributed by atoms with Gasteiger partial charge in [-0.1, -0.05) is 0 Å². The van der Waals surface area contributed by atoms with Gasteiger partial charge in [0.2, 0.25) is 5.65 Å². The number of anilines is 2. The predicted octanol–water partition coefficient (Wildman–Crippen LogP) is -1.24. The fourth-order valence-corrected chi connectivity index (χ4v) is 1.17. The van der Waals surface area contributed by atoms with Gasteiger partial charge in [-0.05, 0) is 0 Å². The number of aromatic amines is 1. The topological polar surface area (TPSA) is 118 Å². The molecule has 0 atom stereocenters. The van der Waals surface area contributed by atoms with Crippen LogP contribution >= 0.6 is 0 Å². The number of hydrogen-bond acceptors (Lipinski definition) is 5. The zero-order chi connectivity index (χ0) is 9.42. The van der Waals surface area contributed by atoms with Crippen LogP contribution in [0.5, 0.6) is 0 Å². The fourth-order valence-electron chi connectivity index (χ4n) is 1.17. The van der Waals surface area contributed by atoms with E-state index in [0.717, 1.165) is 0 Å². The summed E-state index contributed by atoms with van der Waals surface area (Å²) in [6, 6.07) is 0. The van der Waals surface area contributed by atoms with Crippen molar-refractivity contribution in [2.45, 2.75) is 6.42 Å². The number of nitrogens with two attached hydrogens (primary N) is 2. The summed E-state index contributed by atoms with van der Waals surface area (Å²) in [6.45, 7) is 0.0135. The number of aromatic nitrogens is 4. The first kappa shape index (κ1) is 7.87. The van der Waals surface area contributed by atoms with Crippen LogP contribution in [0.2, 0.25) is 0 Å². The van der Waals surface area contributed by atoms with E-state index in [2.05, 4.69) is 15.3 Å². The molecule has 0 saturated heterocycles. The van der Waals surface area contributed by atoms with Crippen molar-refractivity contribution in [2.75, 3.05) is 18.1 Å². The summed E-state index contributed by atoms with van der Waals surface area (Å²) < 4.78 is 1.57. The van der Waals surface area contributed by atoms with Crippen LogP contribution in [-0.4, -0.2) is 31.5 Å². The average Bonchev–Trinajstić information content (AvgIpc) is 2.59. The van der Waals surface area contributed by atoms with Crippen LogP contribution in [0.3, 0.4) is 0 Å². The number of aliphatic hydroxyl groups excluding tert-OH is 1. The molecule has 0 aliphatic heterocycles. The first-order chi connectivity index (χ1) is 6.24. The highest BCUT2D eigenvalue weighted by Gasteiger charge is 2.11. The zero-order valence-electron chi connectivity index (χ0n) is 6.86. The van der Waals surface area contributed by atoms with Gasteiger partial charge in [0.25, 0.3) is 0 Å². The van der Waals surface area contributed by atoms with Crippen molar-refractivity contribution in [3.63, 3.8) is 0 Å². The van der Waals surface area contributed by atoms with Gasteiger partial charge in [-0.3, -0.25) is 5.10 Å². The highest BCUT2D eigenvalue weighted by atomic mass is 16.3. The van der Waals surface area contributed by atoms with Crippen molar-refractivity contribution in [2.24, 2.45) is 0 Å². The molecule has 7 nitrogen and oxygen atoms in total. The Morgan fingerprint density at radius 1 is 1.38 bits per heavy atom. The summed E-state index contributed by atoms with van der Waals surface area (Å²) in [7, 11) is 0. The van der Waals surface area contributed by atoms with Crippen molar-refractivity contribution in [3.8, 4) is 0 Å².